The highest BCUT2D eigenvalue weighted by atomic mass is 16.4. The summed E-state index contributed by atoms with van der Waals surface area (Å²) in [7, 11) is 0. The molecule has 2 atom stereocenters. The monoisotopic (exact) mass is 160 g/mol. The first kappa shape index (κ1) is 8.29. The van der Waals surface area contributed by atoms with Crippen LogP contribution in [0.3, 0.4) is 0 Å². The van der Waals surface area contributed by atoms with Crippen molar-refractivity contribution in [1.82, 2.24) is 4.90 Å². The van der Waals surface area contributed by atoms with Crippen LogP contribution in [0.15, 0.2) is 0 Å². The number of likely N-dealkylation sites (tertiary alicyclic amines) is 1. The minimum atomic E-state index is -0.990. The molecule has 1 rings (SSSR count). The summed E-state index contributed by atoms with van der Waals surface area (Å²) in [5.74, 6) is 0. The van der Waals surface area contributed by atoms with Crippen LogP contribution in [0.4, 0.5) is 4.79 Å². The van der Waals surface area contributed by atoms with Crippen LogP contribution in [0.1, 0.15) is 6.42 Å². The second-order valence-electron chi connectivity index (χ2n) is 2.75. The molecular weight excluding hydrogens is 148 g/mol. The van der Waals surface area contributed by atoms with Crippen LogP contribution in [0.25, 0.3) is 0 Å². The van der Waals surface area contributed by atoms with Crippen molar-refractivity contribution < 1.29 is 15.0 Å². The zero-order valence-electron chi connectivity index (χ0n) is 6.10. The largest absolute Gasteiger partial charge is 0.465 e. The number of hydrogen-bond donors (Lipinski definition) is 3. The van der Waals surface area contributed by atoms with Gasteiger partial charge in [0.15, 0.2) is 0 Å². The van der Waals surface area contributed by atoms with Crippen LogP contribution < -0.4 is 5.73 Å². The van der Waals surface area contributed by atoms with Gasteiger partial charge in [-0.25, -0.2) is 4.79 Å². The average molecular weight is 160 g/mol. The zero-order valence-corrected chi connectivity index (χ0v) is 6.10. The quantitative estimate of drug-likeness (QED) is 0.426. The summed E-state index contributed by atoms with van der Waals surface area (Å²) in [6.45, 7) is 0.560. The predicted octanol–water partition coefficient (Wildman–Crippen LogP) is -0.942. The highest BCUT2D eigenvalue weighted by Crippen LogP contribution is 2.08. The lowest BCUT2D eigenvalue weighted by Gasteiger charge is -2.31. The Kier molecular flexibility index (Phi) is 2.31. The fraction of sp³-hybridized carbons (Fsp3) is 0.833. The minimum Gasteiger partial charge on any atom is -0.465 e. The molecule has 11 heavy (non-hydrogen) atoms. The number of nitrogens with two attached hydrogens (primary N) is 1. The predicted molar refractivity (Wildman–Crippen MR) is 38.2 cm³/mol. The lowest BCUT2D eigenvalue weighted by atomic mass is 10.0. The van der Waals surface area contributed by atoms with Crippen molar-refractivity contribution >= 4 is 6.09 Å². The normalized spacial score (nSPS) is 32.0. The first-order valence-electron chi connectivity index (χ1n) is 3.53. The Morgan fingerprint density at radius 2 is 2.27 bits per heavy atom. The summed E-state index contributed by atoms with van der Waals surface area (Å²) < 4.78 is 0. The Balaban J connectivity index is 2.46. The number of carboxylic acid groups (broad SMARTS) is 1. The van der Waals surface area contributed by atoms with Gasteiger partial charge in [0.25, 0.3) is 0 Å². The molecule has 0 aromatic heterocycles. The van der Waals surface area contributed by atoms with E-state index in [0.29, 0.717) is 13.0 Å². The molecule has 5 nitrogen and oxygen atoms in total. The Morgan fingerprint density at radius 1 is 1.64 bits per heavy atom. The van der Waals surface area contributed by atoms with E-state index in [9.17, 15) is 4.79 Å². The van der Waals surface area contributed by atoms with Crippen molar-refractivity contribution in [3.05, 3.63) is 0 Å². The number of β-amino-alcohol motifs (C(OH)–C–C–N with tert-alkyl or cyclic N) is 1. The maximum absolute atomic E-state index is 10.4. The van der Waals surface area contributed by atoms with Gasteiger partial charge >= 0.3 is 6.09 Å². The van der Waals surface area contributed by atoms with E-state index >= 15 is 0 Å². The van der Waals surface area contributed by atoms with E-state index in [1.54, 1.807) is 0 Å². The van der Waals surface area contributed by atoms with Crippen LogP contribution in [0.2, 0.25) is 0 Å². The van der Waals surface area contributed by atoms with Crippen molar-refractivity contribution in [2.24, 2.45) is 5.73 Å². The molecule has 0 bridgehead atoms. The van der Waals surface area contributed by atoms with Crippen LogP contribution in [-0.2, 0) is 0 Å². The molecule has 1 aliphatic heterocycles. The second kappa shape index (κ2) is 3.06. The van der Waals surface area contributed by atoms with Gasteiger partial charge in [0.05, 0.1) is 12.6 Å². The number of piperidine rings is 1. The van der Waals surface area contributed by atoms with E-state index in [-0.39, 0.29) is 12.6 Å². The van der Waals surface area contributed by atoms with Gasteiger partial charge in [-0.15, -0.1) is 0 Å². The molecule has 5 heteroatoms. The van der Waals surface area contributed by atoms with E-state index in [2.05, 4.69) is 0 Å². The lowest BCUT2D eigenvalue weighted by molar-refractivity contribution is 0.0523. The number of nitrogens with zero attached hydrogens (tertiary/aromatic N) is 1. The molecule has 64 valence electrons. The van der Waals surface area contributed by atoms with E-state index in [1.165, 1.54) is 4.90 Å². The number of hydrogen-bond acceptors (Lipinski definition) is 3. The molecule has 4 N–H and O–H groups in total. The molecule has 0 saturated carbocycles. The average Bonchev–Trinajstić information content (AvgIpc) is 1.94. The Labute approximate surface area is 64.4 Å². The van der Waals surface area contributed by atoms with E-state index in [4.69, 9.17) is 15.9 Å². The molecule has 1 aliphatic rings. The van der Waals surface area contributed by atoms with Gasteiger partial charge in [-0.05, 0) is 6.42 Å². The maximum Gasteiger partial charge on any atom is 0.407 e. The zero-order chi connectivity index (χ0) is 8.43. The topological polar surface area (TPSA) is 86.8 Å². The third-order valence-corrected chi connectivity index (χ3v) is 1.90. The molecule has 1 amide bonds. The summed E-state index contributed by atoms with van der Waals surface area (Å²) in [6, 6.07) is -0.273. The Hall–Kier alpha value is -0.810. The molecule has 1 saturated heterocycles. The fourth-order valence-corrected chi connectivity index (χ4v) is 1.12. The van der Waals surface area contributed by atoms with Gasteiger partial charge in [0.2, 0.25) is 0 Å². The Bertz CT molecular complexity index is 162. The summed E-state index contributed by atoms with van der Waals surface area (Å²) in [5.41, 5.74) is 5.47. The van der Waals surface area contributed by atoms with E-state index in [0.717, 1.165) is 0 Å². The van der Waals surface area contributed by atoms with Crippen molar-refractivity contribution in [1.29, 1.82) is 0 Å². The molecule has 0 aromatic carbocycles. The first-order valence-corrected chi connectivity index (χ1v) is 3.53. The lowest BCUT2D eigenvalue weighted by Crippen LogP contribution is -2.51. The standard InChI is InChI=1S/C6H12N2O3/c7-4-1-2-8(6(10)11)3-5(4)9/h4-5,9H,1-3,7H2,(H,10,11)/t4-,5-/m0/s1. The number of carbonyl (C=O) groups is 1. The molecular formula is C6H12N2O3. The molecule has 0 radical (unpaired) electrons. The van der Waals surface area contributed by atoms with Crippen LogP contribution in [0, 0.1) is 0 Å². The third kappa shape index (κ3) is 1.81. The number of aliphatic hydroxyl groups excluding tert-OH is 1. The molecule has 0 aromatic rings. The smallest absolute Gasteiger partial charge is 0.407 e. The van der Waals surface area contributed by atoms with Gasteiger partial charge in [-0.3, -0.25) is 0 Å². The van der Waals surface area contributed by atoms with Crippen molar-refractivity contribution in [3.8, 4) is 0 Å². The minimum absolute atomic E-state index is 0.135. The van der Waals surface area contributed by atoms with Gasteiger partial charge in [0.1, 0.15) is 0 Å². The van der Waals surface area contributed by atoms with Crippen LogP contribution in [0.5, 0.6) is 0 Å². The maximum atomic E-state index is 10.4. The van der Waals surface area contributed by atoms with Crippen molar-refractivity contribution in [2.75, 3.05) is 13.1 Å². The number of rotatable bonds is 0. The molecule has 0 aliphatic carbocycles. The molecule has 0 unspecified atom stereocenters. The molecule has 1 fully saturated rings. The van der Waals surface area contributed by atoms with Gasteiger partial charge in [-0.2, -0.15) is 0 Å². The highest BCUT2D eigenvalue weighted by Gasteiger charge is 2.26. The van der Waals surface area contributed by atoms with Crippen LogP contribution >= 0.6 is 0 Å². The third-order valence-electron chi connectivity index (χ3n) is 1.90. The Morgan fingerprint density at radius 3 is 2.73 bits per heavy atom. The second-order valence-corrected chi connectivity index (χ2v) is 2.75. The molecule has 1 heterocycles. The van der Waals surface area contributed by atoms with Crippen LogP contribution in [-0.4, -0.2) is 46.4 Å². The van der Waals surface area contributed by atoms with Gasteiger partial charge < -0.3 is 20.8 Å². The SMILES string of the molecule is N[C@H]1CCN(C(=O)O)C[C@@H]1O. The first-order chi connectivity index (χ1) is 5.11. The fourth-order valence-electron chi connectivity index (χ4n) is 1.12. The van der Waals surface area contributed by atoms with Gasteiger partial charge in [-0.1, -0.05) is 0 Å². The summed E-state index contributed by atoms with van der Waals surface area (Å²) in [6.07, 6.45) is -1.16. The van der Waals surface area contributed by atoms with Crippen molar-refractivity contribution in [2.45, 2.75) is 18.6 Å². The summed E-state index contributed by atoms with van der Waals surface area (Å²) in [5, 5.41) is 17.7. The van der Waals surface area contributed by atoms with E-state index in [1.807, 2.05) is 0 Å². The highest BCUT2D eigenvalue weighted by molar-refractivity contribution is 5.65. The van der Waals surface area contributed by atoms with Crippen molar-refractivity contribution in [3.63, 3.8) is 0 Å². The molecule has 0 spiro atoms. The number of amides is 1. The number of aliphatic hydroxyl groups is 1. The summed E-state index contributed by atoms with van der Waals surface area (Å²) >= 11 is 0. The van der Waals surface area contributed by atoms with Gasteiger partial charge in [0, 0.05) is 12.6 Å². The summed E-state index contributed by atoms with van der Waals surface area (Å²) in [4.78, 5) is 11.6. The van der Waals surface area contributed by atoms with E-state index < -0.39 is 12.2 Å².